The van der Waals surface area contributed by atoms with E-state index >= 15 is 0 Å². The second-order valence-corrected chi connectivity index (χ2v) is 5.90. The number of nitrogens with zero attached hydrogens (tertiary/aromatic N) is 3. The summed E-state index contributed by atoms with van der Waals surface area (Å²) in [6.07, 6.45) is 1.18. The molecule has 0 saturated heterocycles. The van der Waals surface area contributed by atoms with Gasteiger partial charge in [-0.2, -0.15) is 0 Å². The topological polar surface area (TPSA) is 58.1 Å². The largest absolute Gasteiger partial charge is 0.335 e. The Morgan fingerprint density at radius 1 is 1.07 bits per heavy atom. The molecule has 0 aliphatic rings. The maximum atomic E-state index is 13.8. The number of halogens is 2. The maximum Gasteiger partial charge on any atom is 0.277 e. The summed E-state index contributed by atoms with van der Waals surface area (Å²) in [7, 11) is 0. The Labute approximate surface area is 155 Å². The number of carbonyl (C=O) groups excluding carboxylic acids is 1. The van der Waals surface area contributed by atoms with Crippen LogP contribution in [0.5, 0.6) is 0 Å². The van der Waals surface area contributed by atoms with Gasteiger partial charge >= 0.3 is 0 Å². The van der Waals surface area contributed by atoms with Gasteiger partial charge in [0.1, 0.15) is 35.2 Å². The summed E-state index contributed by atoms with van der Waals surface area (Å²) < 4.78 is 27.6. The van der Waals surface area contributed by atoms with E-state index in [1.54, 1.807) is 4.90 Å². The van der Waals surface area contributed by atoms with E-state index in [0.29, 0.717) is 6.54 Å². The van der Waals surface area contributed by atoms with Crippen LogP contribution in [0.4, 0.5) is 26.0 Å². The molecule has 5 nitrogen and oxygen atoms in total. The number of benzene rings is 2. The van der Waals surface area contributed by atoms with Gasteiger partial charge in [0.15, 0.2) is 0 Å². The Bertz CT molecular complexity index is 957. The summed E-state index contributed by atoms with van der Waals surface area (Å²) in [5.41, 5.74) is 1.56. The molecule has 1 heterocycles. The first-order valence-corrected chi connectivity index (χ1v) is 8.41. The van der Waals surface area contributed by atoms with Gasteiger partial charge in [-0.15, -0.1) is 0 Å². The summed E-state index contributed by atoms with van der Waals surface area (Å²) in [6, 6.07) is 12.5. The van der Waals surface area contributed by atoms with Crippen molar-refractivity contribution in [1.82, 2.24) is 9.97 Å². The smallest absolute Gasteiger partial charge is 0.277 e. The molecule has 0 saturated carbocycles. The molecular formula is C20H18F2N4O. The Hall–Kier alpha value is -3.35. The van der Waals surface area contributed by atoms with Crippen LogP contribution in [0.25, 0.3) is 0 Å². The molecule has 0 aliphatic carbocycles. The Morgan fingerprint density at radius 3 is 2.44 bits per heavy atom. The van der Waals surface area contributed by atoms with E-state index in [2.05, 4.69) is 15.3 Å². The number of para-hydroxylation sites is 1. The van der Waals surface area contributed by atoms with E-state index in [-0.39, 0.29) is 23.1 Å². The van der Waals surface area contributed by atoms with Gasteiger partial charge in [0.25, 0.3) is 5.91 Å². The number of aryl methyl sites for hydroxylation is 1. The number of carbonyl (C=O) groups is 1. The van der Waals surface area contributed by atoms with Crippen LogP contribution in [0.3, 0.4) is 0 Å². The molecule has 2 aromatic carbocycles. The highest BCUT2D eigenvalue weighted by molar-refractivity contribution is 6.05. The zero-order valence-electron chi connectivity index (χ0n) is 14.9. The van der Waals surface area contributed by atoms with E-state index in [4.69, 9.17) is 0 Å². The van der Waals surface area contributed by atoms with Crippen LogP contribution in [0.15, 0.2) is 54.9 Å². The third-order valence-corrected chi connectivity index (χ3v) is 3.98. The number of nitrogens with one attached hydrogen (secondary N) is 1. The number of hydrogen-bond acceptors (Lipinski definition) is 4. The minimum atomic E-state index is -0.753. The van der Waals surface area contributed by atoms with Gasteiger partial charge in [-0.3, -0.25) is 4.79 Å². The van der Waals surface area contributed by atoms with Crippen molar-refractivity contribution >= 4 is 23.1 Å². The summed E-state index contributed by atoms with van der Waals surface area (Å²) in [4.78, 5) is 22.4. The van der Waals surface area contributed by atoms with Crippen molar-refractivity contribution in [3.8, 4) is 0 Å². The van der Waals surface area contributed by atoms with Gasteiger partial charge < -0.3 is 10.2 Å². The molecule has 7 heteroatoms. The second-order valence-electron chi connectivity index (χ2n) is 5.90. The van der Waals surface area contributed by atoms with Crippen LogP contribution < -0.4 is 10.2 Å². The molecule has 1 aromatic heterocycles. The fraction of sp³-hybridized carbons (Fsp3) is 0.150. The Morgan fingerprint density at radius 2 is 1.78 bits per heavy atom. The molecule has 0 spiro atoms. The zero-order chi connectivity index (χ0) is 19.4. The lowest BCUT2D eigenvalue weighted by molar-refractivity contribution is 0.0983. The number of aromatic nitrogens is 2. The van der Waals surface area contributed by atoms with Crippen LogP contribution in [0.1, 0.15) is 23.0 Å². The predicted octanol–water partition coefficient (Wildman–Crippen LogP) is 4.47. The number of anilines is 3. The minimum Gasteiger partial charge on any atom is -0.335 e. The van der Waals surface area contributed by atoms with Crippen LogP contribution in [-0.2, 0) is 0 Å². The number of hydrogen-bond donors (Lipinski definition) is 1. The minimum absolute atomic E-state index is 0.118. The molecule has 3 rings (SSSR count). The summed E-state index contributed by atoms with van der Waals surface area (Å²) in [5, 5.41) is 2.57. The van der Waals surface area contributed by atoms with Gasteiger partial charge in [-0.1, -0.05) is 18.2 Å². The lowest BCUT2D eigenvalue weighted by Crippen LogP contribution is -2.31. The van der Waals surface area contributed by atoms with Crippen molar-refractivity contribution in [2.45, 2.75) is 13.8 Å². The van der Waals surface area contributed by atoms with Crippen LogP contribution in [-0.4, -0.2) is 22.4 Å². The molecule has 138 valence electrons. The lowest BCUT2D eigenvalue weighted by atomic mass is 10.2. The molecule has 0 unspecified atom stereocenters. The monoisotopic (exact) mass is 368 g/mol. The van der Waals surface area contributed by atoms with Crippen LogP contribution in [0, 0.1) is 18.6 Å². The molecule has 3 aromatic rings. The average molecular weight is 368 g/mol. The van der Waals surface area contributed by atoms with Crippen molar-refractivity contribution in [2.75, 3.05) is 16.8 Å². The molecule has 27 heavy (non-hydrogen) atoms. The standard InChI is InChI=1S/C20H18F2N4O/c1-3-26(14-7-4-6-13(2)10-14)20(27)17-11-18(24-12-23-17)25-19-15(21)8-5-9-16(19)22/h4-12H,3H2,1-2H3,(H,23,24,25). The molecule has 1 N–H and O–H groups in total. The van der Waals surface area contributed by atoms with Gasteiger partial charge in [0, 0.05) is 18.3 Å². The van der Waals surface area contributed by atoms with E-state index in [0.717, 1.165) is 23.4 Å². The molecule has 0 bridgehead atoms. The van der Waals surface area contributed by atoms with E-state index in [9.17, 15) is 13.6 Å². The van der Waals surface area contributed by atoms with Gasteiger partial charge in [0.2, 0.25) is 0 Å². The van der Waals surface area contributed by atoms with E-state index in [1.807, 2.05) is 38.1 Å². The van der Waals surface area contributed by atoms with Crippen molar-refractivity contribution < 1.29 is 13.6 Å². The van der Waals surface area contributed by atoms with Crippen LogP contribution >= 0.6 is 0 Å². The quantitative estimate of drug-likeness (QED) is 0.722. The van der Waals surface area contributed by atoms with Crippen molar-refractivity contribution in [3.05, 3.63) is 77.8 Å². The van der Waals surface area contributed by atoms with E-state index in [1.165, 1.54) is 18.5 Å². The fourth-order valence-corrected chi connectivity index (χ4v) is 2.67. The summed E-state index contributed by atoms with van der Waals surface area (Å²) >= 11 is 0. The fourth-order valence-electron chi connectivity index (χ4n) is 2.67. The molecule has 0 fully saturated rings. The number of amides is 1. The molecule has 0 atom stereocenters. The van der Waals surface area contributed by atoms with Crippen molar-refractivity contribution in [3.63, 3.8) is 0 Å². The predicted molar refractivity (Wildman–Crippen MR) is 100 cm³/mol. The molecule has 0 aliphatic heterocycles. The highest BCUT2D eigenvalue weighted by atomic mass is 19.1. The third-order valence-electron chi connectivity index (χ3n) is 3.98. The highest BCUT2D eigenvalue weighted by Gasteiger charge is 2.19. The van der Waals surface area contributed by atoms with Crippen molar-refractivity contribution in [1.29, 1.82) is 0 Å². The van der Waals surface area contributed by atoms with Gasteiger partial charge in [-0.25, -0.2) is 18.7 Å². The second kappa shape index (κ2) is 7.90. The maximum absolute atomic E-state index is 13.8. The third kappa shape index (κ3) is 4.08. The lowest BCUT2D eigenvalue weighted by Gasteiger charge is -2.21. The molecule has 0 radical (unpaired) electrons. The SMILES string of the molecule is CCN(C(=O)c1cc(Nc2c(F)cccc2F)ncn1)c1cccc(C)c1. The number of rotatable bonds is 5. The molecular weight excluding hydrogens is 350 g/mol. The van der Waals surface area contributed by atoms with E-state index < -0.39 is 11.6 Å². The first kappa shape index (κ1) is 18.4. The normalized spacial score (nSPS) is 10.5. The van der Waals surface area contributed by atoms with Gasteiger partial charge in [0.05, 0.1) is 0 Å². The highest BCUT2D eigenvalue weighted by Crippen LogP contribution is 2.23. The Kier molecular flexibility index (Phi) is 5.40. The van der Waals surface area contributed by atoms with Gasteiger partial charge in [-0.05, 0) is 43.7 Å². The summed E-state index contributed by atoms with van der Waals surface area (Å²) in [5.74, 6) is -1.71. The average Bonchev–Trinajstić information content (AvgIpc) is 2.66. The first-order chi connectivity index (χ1) is 13.0. The Balaban J connectivity index is 1.89. The van der Waals surface area contributed by atoms with Crippen molar-refractivity contribution in [2.24, 2.45) is 0 Å². The first-order valence-electron chi connectivity index (χ1n) is 8.41. The molecule has 1 amide bonds. The zero-order valence-corrected chi connectivity index (χ0v) is 14.9. The van der Waals surface area contributed by atoms with Crippen LogP contribution in [0.2, 0.25) is 0 Å². The summed E-state index contributed by atoms with van der Waals surface area (Å²) in [6.45, 7) is 4.24.